The minimum atomic E-state index is -0.0584. The number of ether oxygens (including phenoxy) is 2. The summed E-state index contributed by atoms with van der Waals surface area (Å²) >= 11 is 1.57. The van der Waals surface area contributed by atoms with Crippen LogP contribution in [0.5, 0.6) is 5.75 Å². The highest BCUT2D eigenvalue weighted by Gasteiger charge is 2.23. The predicted octanol–water partition coefficient (Wildman–Crippen LogP) is 4.27. The molecule has 6 nitrogen and oxygen atoms in total. The smallest absolute Gasteiger partial charge is 0.260 e. The first-order valence-electron chi connectivity index (χ1n) is 10.3. The van der Waals surface area contributed by atoms with Gasteiger partial charge in [0.15, 0.2) is 5.13 Å². The SMILES string of the molecule is CCc1ccc2nc(N(CCN3CCOCC3)C(=O)c3cccc(OC)c3)sc2c1.Cl. The van der Waals surface area contributed by atoms with Gasteiger partial charge in [-0.2, -0.15) is 0 Å². The van der Waals surface area contributed by atoms with Crippen molar-refractivity contribution in [3.05, 3.63) is 53.6 Å². The minimum Gasteiger partial charge on any atom is -0.497 e. The van der Waals surface area contributed by atoms with Crippen molar-refractivity contribution >= 4 is 45.0 Å². The second-order valence-electron chi connectivity index (χ2n) is 7.29. The summed E-state index contributed by atoms with van der Waals surface area (Å²) in [6, 6.07) is 13.6. The molecule has 0 radical (unpaired) electrons. The molecule has 1 amide bonds. The third-order valence-corrected chi connectivity index (χ3v) is 6.43. The van der Waals surface area contributed by atoms with Gasteiger partial charge in [-0.25, -0.2) is 4.98 Å². The summed E-state index contributed by atoms with van der Waals surface area (Å²) in [5.74, 6) is 0.614. The van der Waals surface area contributed by atoms with E-state index in [4.69, 9.17) is 14.5 Å². The first-order valence-corrected chi connectivity index (χ1v) is 11.1. The van der Waals surface area contributed by atoms with E-state index in [2.05, 4.69) is 24.0 Å². The fourth-order valence-electron chi connectivity index (χ4n) is 3.55. The van der Waals surface area contributed by atoms with Crippen molar-refractivity contribution in [1.29, 1.82) is 0 Å². The maximum Gasteiger partial charge on any atom is 0.260 e. The van der Waals surface area contributed by atoms with Crippen molar-refractivity contribution in [3.63, 3.8) is 0 Å². The second kappa shape index (κ2) is 10.9. The molecule has 3 aromatic rings. The lowest BCUT2D eigenvalue weighted by Gasteiger charge is -2.29. The highest BCUT2D eigenvalue weighted by Crippen LogP contribution is 2.31. The van der Waals surface area contributed by atoms with Crippen molar-refractivity contribution in [2.75, 3.05) is 51.4 Å². The number of hydrogen-bond acceptors (Lipinski definition) is 6. The molecule has 0 bridgehead atoms. The molecule has 4 rings (SSSR count). The van der Waals surface area contributed by atoms with E-state index in [9.17, 15) is 4.79 Å². The molecule has 0 aliphatic carbocycles. The Labute approximate surface area is 193 Å². The Morgan fingerprint density at radius 1 is 1.23 bits per heavy atom. The molecule has 1 aliphatic heterocycles. The molecule has 166 valence electrons. The average Bonchev–Trinajstić information content (AvgIpc) is 3.22. The lowest BCUT2D eigenvalue weighted by Crippen LogP contribution is -2.43. The van der Waals surface area contributed by atoms with Crippen LogP contribution in [-0.4, -0.2) is 62.3 Å². The summed E-state index contributed by atoms with van der Waals surface area (Å²) in [7, 11) is 1.61. The number of amides is 1. The van der Waals surface area contributed by atoms with Gasteiger partial charge in [-0.3, -0.25) is 14.6 Å². The van der Waals surface area contributed by atoms with Gasteiger partial charge in [0.2, 0.25) is 0 Å². The molecule has 0 N–H and O–H groups in total. The zero-order valence-corrected chi connectivity index (χ0v) is 19.5. The Kier molecular flexibility index (Phi) is 8.26. The number of thiazole rings is 1. The Hall–Kier alpha value is -2.19. The molecule has 0 unspecified atom stereocenters. The third kappa shape index (κ3) is 5.54. The highest BCUT2D eigenvalue weighted by molar-refractivity contribution is 7.22. The number of fused-ring (bicyclic) bond motifs is 1. The zero-order chi connectivity index (χ0) is 20.9. The number of methoxy groups -OCH3 is 1. The van der Waals surface area contributed by atoms with E-state index in [-0.39, 0.29) is 18.3 Å². The highest BCUT2D eigenvalue weighted by atomic mass is 35.5. The number of morpholine rings is 1. The van der Waals surface area contributed by atoms with Crippen LogP contribution in [0, 0.1) is 0 Å². The van der Waals surface area contributed by atoms with Crippen LogP contribution in [0.1, 0.15) is 22.8 Å². The van der Waals surface area contributed by atoms with E-state index in [0.29, 0.717) is 17.9 Å². The van der Waals surface area contributed by atoms with E-state index in [1.54, 1.807) is 29.4 Å². The molecular formula is C23H28ClN3O3S. The maximum atomic E-state index is 13.5. The summed E-state index contributed by atoms with van der Waals surface area (Å²) in [5, 5.41) is 0.735. The van der Waals surface area contributed by atoms with Crippen LogP contribution >= 0.6 is 23.7 Å². The lowest BCUT2D eigenvalue weighted by atomic mass is 10.2. The number of hydrogen-bond donors (Lipinski definition) is 0. The van der Waals surface area contributed by atoms with Crippen molar-refractivity contribution in [1.82, 2.24) is 9.88 Å². The molecule has 0 atom stereocenters. The molecule has 2 aromatic carbocycles. The molecule has 0 spiro atoms. The fraction of sp³-hybridized carbons (Fsp3) is 0.391. The monoisotopic (exact) mass is 461 g/mol. The quantitative estimate of drug-likeness (QED) is 0.526. The number of aromatic nitrogens is 1. The van der Waals surface area contributed by atoms with Crippen molar-refractivity contribution in [2.24, 2.45) is 0 Å². The fourth-order valence-corrected chi connectivity index (χ4v) is 4.61. The van der Waals surface area contributed by atoms with E-state index in [0.717, 1.165) is 54.6 Å². The van der Waals surface area contributed by atoms with Crippen molar-refractivity contribution in [2.45, 2.75) is 13.3 Å². The molecule has 1 saturated heterocycles. The minimum absolute atomic E-state index is 0. The molecular weight excluding hydrogens is 434 g/mol. The molecule has 1 aromatic heterocycles. The van der Waals surface area contributed by atoms with Crippen molar-refractivity contribution in [3.8, 4) is 5.75 Å². The molecule has 1 fully saturated rings. The predicted molar refractivity (Wildman–Crippen MR) is 128 cm³/mol. The number of nitrogens with zero attached hydrogens (tertiary/aromatic N) is 3. The number of carbonyl (C=O) groups is 1. The normalized spacial score (nSPS) is 14.3. The topological polar surface area (TPSA) is 54.9 Å². The number of halogens is 1. The first-order chi connectivity index (χ1) is 14.7. The largest absolute Gasteiger partial charge is 0.497 e. The van der Waals surface area contributed by atoms with Crippen LogP contribution in [0.2, 0.25) is 0 Å². The van der Waals surface area contributed by atoms with Crippen LogP contribution in [-0.2, 0) is 11.2 Å². The lowest BCUT2D eigenvalue weighted by molar-refractivity contribution is 0.0391. The van der Waals surface area contributed by atoms with Gasteiger partial charge < -0.3 is 9.47 Å². The summed E-state index contributed by atoms with van der Waals surface area (Å²) in [5.41, 5.74) is 2.81. The molecule has 8 heteroatoms. The summed E-state index contributed by atoms with van der Waals surface area (Å²) in [6.45, 7) is 6.77. The van der Waals surface area contributed by atoms with Crippen LogP contribution < -0.4 is 9.64 Å². The third-order valence-electron chi connectivity index (χ3n) is 5.39. The Bertz CT molecular complexity index is 1020. The van der Waals surface area contributed by atoms with Crippen molar-refractivity contribution < 1.29 is 14.3 Å². The Morgan fingerprint density at radius 3 is 2.77 bits per heavy atom. The number of anilines is 1. The molecule has 31 heavy (non-hydrogen) atoms. The molecule has 1 aliphatic rings. The molecule has 0 saturated carbocycles. The Balaban J connectivity index is 0.00000272. The number of aryl methyl sites for hydroxylation is 1. The van der Waals surface area contributed by atoms with Gasteiger partial charge in [-0.05, 0) is 42.3 Å². The van der Waals surface area contributed by atoms with Gasteiger partial charge in [-0.15, -0.1) is 12.4 Å². The average molecular weight is 462 g/mol. The summed E-state index contributed by atoms with van der Waals surface area (Å²) in [6.07, 6.45) is 0.979. The van der Waals surface area contributed by atoms with Gasteiger partial charge in [-0.1, -0.05) is 30.4 Å². The van der Waals surface area contributed by atoms with Gasteiger partial charge >= 0.3 is 0 Å². The van der Waals surface area contributed by atoms with Crippen LogP contribution in [0.25, 0.3) is 10.2 Å². The van der Waals surface area contributed by atoms with Crippen LogP contribution in [0.15, 0.2) is 42.5 Å². The number of rotatable bonds is 7. The van der Waals surface area contributed by atoms with E-state index in [1.807, 2.05) is 24.3 Å². The number of carbonyl (C=O) groups excluding carboxylic acids is 1. The first kappa shape index (κ1) is 23.5. The zero-order valence-electron chi connectivity index (χ0n) is 17.9. The van der Waals surface area contributed by atoms with E-state index in [1.165, 1.54) is 5.56 Å². The summed E-state index contributed by atoms with van der Waals surface area (Å²) in [4.78, 5) is 22.4. The van der Waals surface area contributed by atoms with E-state index < -0.39 is 0 Å². The maximum absolute atomic E-state index is 13.5. The van der Waals surface area contributed by atoms with Crippen LogP contribution in [0.3, 0.4) is 0 Å². The van der Waals surface area contributed by atoms with Gasteiger partial charge in [0.1, 0.15) is 5.75 Å². The van der Waals surface area contributed by atoms with Gasteiger partial charge in [0, 0.05) is 31.7 Å². The Morgan fingerprint density at radius 2 is 2.03 bits per heavy atom. The summed E-state index contributed by atoms with van der Waals surface area (Å²) < 4.78 is 11.9. The standard InChI is InChI=1S/C23H27N3O3S.ClH/c1-3-17-7-8-20-21(15-17)30-23(24-20)26(10-9-25-11-13-29-14-12-25)22(27)18-5-4-6-19(16-18)28-2;/h4-8,15-16H,3,9-14H2,1-2H3;1H. The second-order valence-corrected chi connectivity index (χ2v) is 8.30. The molecule has 2 heterocycles. The number of benzene rings is 2. The van der Waals surface area contributed by atoms with Gasteiger partial charge in [0.05, 0.1) is 30.5 Å². The van der Waals surface area contributed by atoms with Crippen LogP contribution in [0.4, 0.5) is 5.13 Å². The van der Waals surface area contributed by atoms with E-state index >= 15 is 0 Å². The van der Waals surface area contributed by atoms with Gasteiger partial charge in [0.25, 0.3) is 5.91 Å².